The van der Waals surface area contributed by atoms with Crippen LogP contribution in [-0.2, 0) is 4.79 Å². The zero-order chi connectivity index (χ0) is 14.5. The monoisotopic (exact) mass is 271 g/mol. The summed E-state index contributed by atoms with van der Waals surface area (Å²) in [6, 6.07) is 0.218. The van der Waals surface area contributed by atoms with Gasteiger partial charge in [0.15, 0.2) is 0 Å². The first-order valence-electron chi connectivity index (χ1n) is 7.31. The highest BCUT2D eigenvalue weighted by atomic mass is 16.3. The number of nitrogens with zero attached hydrogens (tertiary/aromatic N) is 2. The van der Waals surface area contributed by atoms with E-state index < -0.39 is 5.54 Å². The molecule has 1 unspecified atom stereocenters. The average Bonchev–Trinajstić information content (AvgIpc) is 2.36. The number of hydrogen-bond acceptors (Lipinski definition) is 4. The number of piperidine rings is 1. The highest BCUT2D eigenvalue weighted by Crippen LogP contribution is 2.20. The maximum absolute atomic E-state index is 12.6. The Morgan fingerprint density at radius 2 is 2.05 bits per heavy atom. The number of nitrogens with two attached hydrogens (primary N) is 1. The van der Waals surface area contributed by atoms with Crippen LogP contribution in [0.15, 0.2) is 0 Å². The summed E-state index contributed by atoms with van der Waals surface area (Å²) >= 11 is 0. The van der Waals surface area contributed by atoms with E-state index in [0.717, 1.165) is 32.4 Å². The zero-order valence-electron chi connectivity index (χ0n) is 12.6. The highest BCUT2D eigenvalue weighted by molar-refractivity contribution is 5.86. The van der Waals surface area contributed by atoms with E-state index in [4.69, 9.17) is 5.73 Å². The van der Waals surface area contributed by atoms with Gasteiger partial charge >= 0.3 is 0 Å². The topological polar surface area (TPSA) is 69.8 Å². The first-order valence-corrected chi connectivity index (χ1v) is 7.31. The van der Waals surface area contributed by atoms with Crippen molar-refractivity contribution in [1.82, 2.24) is 9.80 Å². The van der Waals surface area contributed by atoms with E-state index in [1.165, 1.54) is 0 Å². The van der Waals surface area contributed by atoms with Crippen molar-refractivity contribution in [2.45, 2.75) is 51.1 Å². The van der Waals surface area contributed by atoms with E-state index in [0.29, 0.717) is 13.0 Å². The van der Waals surface area contributed by atoms with Gasteiger partial charge in [0.25, 0.3) is 0 Å². The van der Waals surface area contributed by atoms with Crippen molar-refractivity contribution in [2.24, 2.45) is 5.73 Å². The van der Waals surface area contributed by atoms with Crippen LogP contribution < -0.4 is 5.73 Å². The Balaban J connectivity index is 2.73. The molecule has 3 N–H and O–H groups in total. The number of amides is 1. The van der Waals surface area contributed by atoms with Crippen molar-refractivity contribution in [1.29, 1.82) is 0 Å². The summed E-state index contributed by atoms with van der Waals surface area (Å²) in [5.74, 6) is -0.0158. The van der Waals surface area contributed by atoms with Crippen LogP contribution in [0, 0.1) is 0 Å². The third-order valence-corrected chi connectivity index (χ3v) is 3.99. The SMILES string of the molecule is CCCC(C)(N)C(=O)N(CCO)C1CCN(C)CC1. The molecular weight excluding hydrogens is 242 g/mol. The van der Waals surface area contributed by atoms with Crippen LogP contribution in [-0.4, -0.2) is 65.7 Å². The fourth-order valence-corrected chi connectivity index (χ4v) is 2.82. The van der Waals surface area contributed by atoms with Crippen molar-refractivity contribution in [3.8, 4) is 0 Å². The molecule has 0 saturated carbocycles. The van der Waals surface area contributed by atoms with E-state index in [1.54, 1.807) is 6.92 Å². The van der Waals surface area contributed by atoms with E-state index in [-0.39, 0.29) is 18.6 Å². The van der Waals surface area contributed by atoms with Crippen LogP contribution in [0.4, 0.5) is 0 Å². The number of aliphatic hydroxyl groups excluding tert-OH is 1. The van der Waals surface area contributed by atoms with Crippen molar-refractivity contribution >= 4 is 5.91 Å². The lowest BCUT2D eigenvalue weighted by atomic mass is 9.93. The molecule has 1 heterocycles. The molecule has 1 rings (SSSR count). The Hall–Kier alpha value is -0.650. The lowest BCUT2D eigenvalue weighted by Gasteiger charge is -2.40. The molecule has 1 aliphatic heterocycles. The quantitative estimate of drug-likeness (QED) is 0.734. The molecule has 1 fully saturated rings. The molecule has 0 aromatic carbocycles. The zero-order valence-corrected chi connectivity index (χ0v) is 12.6. The summed E-state index contributed by atoms with van der Waals surface area (Å²) in [5, 5.41) is 9.22. The second-order valence-electron chi connectivity index (χ2n) is 5.92. The molecule has 0 spiro atoms. The third kappa shape index (κ3) is 4.44. The summed E-state index contributed by atoms with van der Waals surface area (Å²) in [6.07, 6.45) is 3.49. The van der Waals surface area contributed by atoms with Gasteiger partial charge in [-0.15, -0.1) is 0 Å². The standard InChI is InChI=1S/C14H29N3O2/c1-4-7-14(2,15)13(19)17(10-11-18)12-5-8-16(3)9-6-12/h12,18H,4-11,15H2,1-3H3. The smallest absolute Gasteiger partial charge is 0.242 e. The lowest BCUT2D eigenvalue weighted by molar-refractivity contribution is -0.140. The van der Waals surface area contributed by atoms with E-state index in [2.05, 4.69) is 11.9 Å². The number of carbonyl (C=O) groups excluding carboxylic acids is 1. The number of hydrogen-bond donors (Lipinski definition) is 2. The summed E-state index contributed by atoms with van der Waals surface area (Å²) in [4.78, 5) is 16.7. The molecule has 0 bridgehead atoms. The molecule has 1 aliphatic rings. The van der Waals surface area contributed by atoms with Crippen LogP contribution in [0.25, 0.3) is 0 Å². The molecule has 1 amide bonds. The van der Waals surface area contributed by atoms with Gasteiger partial charge in [-0.1, -0.05) is 13.3 Å². The Bertz CT molecular complexity index is 286. The van der Waals surface area contributed by atoms with Gasteiger partial charge in [-0.25, -0.2) is 0 Å². The van der Waals surface area contributed by atoms with Gasteiger partial charge in [0.2, 0.25) is 5.91 Å². The number of likely N-dealkylation sites (tertiary alicyclic amines) is 1. The minimum absolute atomic E-state index is 0.000282. The molecule has 5 heteroatoms. The molecule has 112 valence electrons. The Morgan fingerprint density at radius 3 is 2.53 bits per heavy atom. The predicted octanol–water partition coefficient (Wildman–Crippen LogP) is 0.419. The van der Waals surface area contributed by atoms with Crippen LogP contribution >= 0.6 is 0 Å². The van der Waals surface area contributed by atoms with Crippen molar-refractivity contribution < 1.29 is 9.90 Å². The first kappa shape index (κ1) is 16.4. The van der Waals surface area contributed by atoms with Gasteiger partial charge in [-0.3, -0.25) is 4.79 Å². The van der Waals surface area contributed by atoms with Gasteiger partial charge in [0.05, 0.1) is 12.1 Å². The van der Waals surface area contributed by atoms with Crippen LogP contribution in [0.2, 0.25) is 0 Å². The molecule has 19 heavy (non-hydrogen) atoms. The normalized spacial score (nSPS) is 21.1. The fourth-order valence-electron chi connectivity index (χ4n) is 2.82. The Labute approximate surface area is 116 Å². The molecule has 0 aromatic heterocycles. The van der Waals surface area contributed by atoms with Gasteiger partial charge < -0.3 is 20.6 Å². The maximum atomic E-state index is 12.6. The van der Waals surface area contributed by atoms with Gasteiger partial charge in [0, 0.05) is 12.6 Å². The summed E-state index contributed by atoms with van der Waals surface area (Å²) in [6.45, 7) is 6.22. The lowest BCUT2D eigenvalue weighted by Crippen LogP contribution is -2.58. The fraction of sp³-hybridized carbons (Fsp3) is 0.929. The van der Waals surface area contributed by atoms with E-state index in [9.17, 15) is 9.90 Å². The molecular formula is C14H29N3O2. The second-order valence-corrected chi connectivity index (χ2v) is 5.92. The molecule has 0 aliphatic carbocycles. The second kappa shape index (κ2) is 7.22. The summed E-state index contributed by atoms with van der Waals surface area (Å²) < 4.78 is 0. The summed E-state index contributed by atoms with van der Waals surface area (Å²) in [5.41, 5.74) is 5.34. The Kier molecular flexibility index (Phi) is 6.23. The predicted molar refractivity (Wildman–Crippen MR) is 76.8 cm³/mol. The minimum atomic E-state index is -0.812. The summed E-state index contributed by atoms with van der Waals surface area (Å²) in [7, 11) is 2.10. The third-order valence-electron chi connectivity index (χ3n) is 3.99. The molecule has 5 nitrogen and oxygen atoms in total. The molecule has 1 saturated heterocycles. The molecule has 1 atom stereocenters. The number of rotatable bonds is 6. The van der Waals surface area contributed by atoms with Gasteiger partial charge in [-0.2, -0.15) is 0 Å². The van der Waals surface area contributed by atoms with Crippen LogP contribution in [0.5, 0.6) is 0 Å². The van der Waals surface area contributed by atoms with E-state index >= 15 is 0 Å². The minimum Gasteiger partial charge on any atom is -0.395 e. The molecule has 0 radical (unpaired) electrons. The van der Waals surface area contributed by atoms with Gasteiger partial charge in [-0.05, 0) is 46.3 Å². The van der Waals surface area contributed by atoms with Crippen LogP contribution in [0.1, 0.15) is 39.5 Å². The number of carbonyl (C=O) groups is 1. The number of aliphatic hydroxyl groups is 1. The van der Waals surface area contributed by atoms with Crippen molar-refractivity contribution in [2.75, 3.05) is 33.3 Å². The first-order chi connectivity index (χ1) is 8.92. The highest BCUT2D eigenvalue weighted by Gasteiger charge is 2.35. The van der Waals surface area contributed by atoms with Gasteiger partial charge in [0.1, 0.15) is 0 Å². The van der Waals surface area contributed by atoms with Crippen LogP contribution in [0.3, 0.4) is 0 Å². The largest absolute Gasteiger partial charge is 0.395 e. The molecule has 0 aromatic rings. The van der Waals surface area contributed by atoms with Crippen molar-refractivity contribution in [3.63, 3.8) is 0 Å². The van der Waals surface area contributed by atoms with E-state index in [1.807, 2.05) is 11.8 Å². The van der Waals surface area contributed by atoms with Crippen molar-refractivity contribution in [3.05, 3.63) is 0 Å². The Morgan fingerprint density at radius 1 is 1.47 bits per heavy atom. The maximum Gasteiger partial charge on any atom is 0.242 e. The average molecular weight is 271 g/mol.